The van der Waals surface area contributed by atoms with E-state index in [0.717, 1.165) is 31.2 Å². The van der Waals surface area contributed by atoms with Crippen LogP contribution in [0.2, 0.25) is 0 Å². The number of rotatable bonds is 6. The van der Waals surface area contributed by atoms with Crippen LogP contribution in [0.1, 0.15) is 39.5 Å². The van der Waals surface area contributed by atoms with Crippen molar-refractivity contribution >= 4 is 0 Å². The summed E-state index contributed by atoms with van der Waals surface area (Å²) < 4.78 is 5.44. The van der Waals surface area contributed by atoms with Gasteiger partial charge in [0.25, 0.3) is 0 Å². The Labute approximate surface area is 106 Å². The molecule has 1 aliphatic carbocycles. The minimum absolute atomic E-state index is 0.657. The lowest BCUT2D eigenvalue weighted by Crippen LogP contribution is -2.46. The Morgan fingerprint density at radius 3 is 2.41 bits per heavy atom. The number of nitrogens with one attached hydrogen (secondary N) is 1. The molecule has 0 bridgehead atoms. The molecule has 2 atom stereocenters. The molecule has 2 unspecified atom stereocenters. The number of hydrogen-bond donors (Lipinski definition) is 1. The zero-order valence-corrected chi connectivity index (χ0v) is 11.6. The zero-order valence-electron chi connectivity index (χ0n) is 11.6. The first-order chi connectivity index (χ1) is 8.18. The second-order valence-electron chi connectivity index (χ2n) is 5.91. The zero-order chi connectivity index (χ0) is 12.3. The van der Waals surface area contributed by atoms with Crippen LogP contribution in [-0.4, -0.2) is 49.8 Å². The lowest BCUT2D eigenvalue weighted by atomic mass is 9.98. The Balaban J connectivity index is 1.73. The van der Waals surface area contributed by atoms with Crippen molar-refractivity contribution in [3.05, 3.63) is 0 Å². The molecule has 1 heterocycles. The van der Waals surface area contributed by atoms with Crippen molar-refractivity contribution in [1.29, 1.82) is 0 Å². The average molecular weight is 240 g/mol. The first-order valence-electron chi connectivity index (χ1n) is 7.21. The van der Waals surface area contributed by atoms with Gasteiger partial charge in [0.05, 0.1) is 0 Å². The minimum atomic E-state index is 0.657. The van der Waals surface area contributed by atoms with E-state index in [1.807, 2.05) is 0 Å². The van der Waals surface area contributed by atoms with Gasteiger partial charge < -0.3 is 15.0 Å². The highest BCUT2D eigenvalue weighted by molar-refractivity contribution is 4.84. The molecular weight excluding hydrogens is 212 g/mol. The second-order valence-corrected chi connectivity index (χ2v) is 5.91. The van der Waals surface area contributed by atoms with Gasteiger partial charge in [-0.05, 0) is 52.1 Å². The van der Waals surface area contributed by atoms with Gasteiger partial charge in [0, 0.05) is 31.3 Å². The topological polar surface area (TPSA) is 24.5 Å². The minimum Gasteiger partial charge on any atom is -0.381 e. The molecule has 3 nitrogen and oxygen atoms in total. The van der Waals surface area contributed by atoms with E-state index in [2.05, 4.69) is 31.1 Å². The molecule has 0 aromatic carbocycles. The first-order valence-corrected chi connectivity index (χ1v) is 7.21. The Morgan fingerprint density at radius 2 is 1.82 bits per heavy atom. The van der Waals surface area contributed by atoms with Crippen LogP contribution in [0.3, 0.4) is 0 Å². The normalized spacial score (nSPS) is 26.1. The van der Waals surface area contributed by atoms with Gasteiger partial charge in [0.15, 0.2) is 0 Å². The molecule has 0 spiro atoms. The molecule has 1 saturated carbocycles. The summed E-state index contributed by atoms with van der Waals surface area (Å²) in [6.07, 6.45) is 5.17. The van der Waals surface area contributed by atoms with Crippen LogP contribution in [0.15, 0.2) is 0 Å². The van der Waals surface area contributed by atoms with E-state index in [1.165, 1.54) is 32.2 Å². The van der Waals surface area contributed by atoms with E-state index in [9.17, 15) is 0 Å². The SMILES string of the molecule is CC(CNC1CC1)C(C)N(C)C1CCOCC1. The van der Waals surface area contributed by atoms with Crippen molar-refractivity contribution in [2.45, 2.75) is 57.7 Å². The third-order valence-corrected chi connectivity index (χ3v) is 4.54. The fraction of sp³-hybridized carbons (Fsp3) is 1.00. The third kappa shape index (κ3) is 3.94. The van der Waals surface area contributed by atoms with Crippen molar-refractivity contribution in [3.8, 4) is 0 Å². The molecule has 0 radical (unpaired) electrons. The standard InChI is InChI=1S/C14H28N2O/c1-11(10-15-13-4-5-13)12(2)16(3)14-6-8-17-9-7-14/h11-15H,4-10H2,1-3H3. The van der Waals surface area contributed by atoms with Crippen LogP contribution < -0.4 is 5.32 Å². The highest BCUT2D eigenvalue weighted by atomic mass is 16.5. The van der Waals surface area contributed by atoms with E-state index < -0.39 is 0 Å². The highest BCUT2D eigenvalue weighted by Gasteiger charge is 2.27. The lowest BCUT2D eigenvalue weighted by Gasteiger charge is -2.38. The molecule has 2 fully saturated rings. The van der Waals surface area contributed by atoms with Crippen molar-refractivity contribution in [2.24, 2.45) is 5.92 Å². The molecule has 1 N–H and O–H groups in total. The van der Waals surface area contributed by atoms with Crippen molar-refractivity contribution in [3.63, 3.8) is 0 Å². The molecule has 1 aliphatic heterocycles. The summed E-state index contributed by atoms with van der Waals surface area (Å²) in [6, 6.07) is 2.21. The van der Waals surface area contributed by atoms with E-state index in [-0.39, 0.29) is 0 Å². The summed E-state index contributed by atoms with van der Waals surface area (Å²) in [5.41, 5.74) is 0. The van der Waals surface area contributed by atoms with Gasteiger partial charge in [-0.15, -0.1) is 0 Å². The Hall–Kier alpha value is -0.120. The summed E-state index contributed by atoms with van der Waals surface area (Å²) in [4.78, 5) is 2.57. The summed E-state index contributed by atoms with van der Waals surface area (Å²) in [6.45, 7) is 7.79. The predicted octanol–water partition coefficient (Wildman–Crippen LogP) is 1.87. The quantitative estimate of drug-likeness (QED) is 0.767. The van der Waals surface area contributed by atoms with Crippen LogP contribution in [-0.2, 0) is 4.74 Å². The second kappa shape index (κ2) is 6.17. The van der Waals surface area contributed by atoms with Crippen LogP contribution >= 0.6 is 0 Å². The Bertz CT molecular complexity index is 224. The molecule has 0 amide bonds. The van der Waals surface area contributed by atoms with Crippen molar-refractivity contribution in [2.75, 3.05) is 26.8 Å². The molecular formula is C14H28N2O. The number of nitrogens with zero attached hydrogens (tertiary/aromatic N) is 1. The third-order valence-electron chi connectivity index (χ3n) is 4.54. The summed E-state index contributed by atoms with van der Waals surface area (Å²) in [5.74, 6) is 0.725. The largest absolute Gasteiger partial charge is 0.381 e. The highest BCUT2D eigenvalue weighted by Crippen LogP contribution is 2.21. The molecule has 0 aromatic heterocycles. The van der Waals surface area contributed by atoms with Gasteiger partial charge in [-0.25, -0.2) is 0 Å². The maximum absolute atomic E-state index is 5.44. The van der Waals surface area contributed by atoms with Crippen LogP contribution in [0.5, 0.6) is 0 Å². The van der Waals surface area contributed by atoms with Gasteiger partial charge in [-0.3, -0.25) is 0 Å². The average Bonchev–Trinajstić information content (AvgIpc) is 3.19. The van der Waals surface area contributed by atoms with Gasteiger partial charge in [0.1, 0.15) is 0 Å². The Kier molecular flexibility index (Phi) is 4.83. The monoisotopic (exact) mass is 240 g/mol. The Morgan fingerprint density at radius 1 is 1.18 bits per heavy atom. The van der Waals surface area contributed by atoms with E-state index in [4.69, 9.17) is 4.74 Å². The van der Waals surface area contributed by atoms with Crippen molar-refractivity contribution in [1.82, 2.24) is 10.2 Å². The molecule has 1 saturated heterocycles. The maximum Gasteiger partial charge on any atom is 0.0480 e. The summed E-state index contributed by atoms with van der Waals surface area (Å²) in [5, 5.41) is 3.64. The molecule has 100 valence electrons. The molecule has 2 aliphatic rings. The van der Waals surface area contributed by atoms with E-state index in [0.29, 0.717) is 6.04 Å². The summed E-state index contributed by atoms with van der Waals surface area (Å²) in [7, 11) is 2.29. The molecule has 17 heavy (non-hydrogen) atoms. The van der Waals surface area contributed by atoms with E-state index in [1.54, 1.807) is 0 Å². The van der Waals surface area contributed by atoms with Crippen LogP contribution in [0.4, 0.5) is 0 Å². The molecule has 3 heteroatoms. The van der Waals surface area contributed by atoms with Gasteiger partial charge in [-0.1, -0.05) is 6.92 Å². The van der Waals surface area contributed by atoms with Crippen LogP contribution in [0.25, 0.3) is 0 Å². The van der Waals surface area contributed by atoms with Crippen molar-refractivity contribution < 1.29 is 4.74 Å². The van der Waals surface area contributed by atoms with Gasteiger partial charge >= 0.3 is 0 Å². The fourth-order valence-electron chi connectivity index (χ4n) is 2.64. The number of hydrogen-bond acceptors (Lipinski definition) is 3. The van der Waals surface area contributed by atoms with Gasteiger partial charge in [-0.2, -0.15) is 0 Å². The van der Waals surface area contributed by atoms with Crippen LogP contribution in [0, 0.1) is 5.92 Å². The van der Waals surface area contributed by atoms with Gasteiger partial charge in [0.2, 0.25) is 0 Å². The maximum atomic E-state index is 5.44. The lowest BCUT2D eigenvalue weighted by molar-refractivity contribution is 0.0225. The fourth-order valence-corrected chi connectivity index (χ4v) is 2.64. The molecule has 2 rings (SSSR count). The number of ether oxygens (including phenoxy) is 1. The predicted molar refractivity (Wildman–Crippen MR) is 71.3 cm³/mol. The molecule has 0 aromatic rings. The summed E-state index contributed by atoms with van der Waals surface area (Å²) >= 11 is 0. The first kappa shape index (κ1) is 13.3. The van der Waals surface area contributed by atoms with E-state index >= 15 is 0 Å². The smallest absolute Gasteiger partial charge is 0.0480 e.